The van der Waals surface area contributed by atoms with Crippen molar-refractivity contribution in [1.82, 2.24) is 29.9 Å². The molecule has 2 heterocycles. The molecule has 1 aromatic carbocycles. The molecule has 1 aliphatic carbocycles. The summed E-state index contributed by atoms with van der Waals surface area (Å²) in [7, 11) is 0. The van der Waals surface area contributed by atoms with Crippen LogP contribution in [-0.4, -0.2) is 36.5 Å². The summed E-state index contributed by atoms with van der Waals surface area (Å²) >= 11 is 0. The lowest BCUT2D eigenvalue weighted by molar-refractivity contribution is -0.122. The van der Waals surface area contributed by atoms with E-state index in [0.29, 0.717) is 6.07 Å². The molecule has 0 saturated heterocycles. The highest BCUT2D eigenvalue weighted by Gasteiger charge is 2.19. The number of hydrogen-bond donors (Lipinski definition) is 1. The van der Waals surface area contributed by atoms with Crippen molar-refractivity contribution in [1.29, 1.82) is 0 Å². The Morgan fingerprint density at radius 1 is 1.26 bits per heavy atom. The van der Waals surface area contributed by atoms with Crippen molar-refractivity contribution in [3.05, 3.63) is 46.5 Å². The molecule has 0 atom stereocenters. The SMILES string of the molecule is O=C(Cn1cnc2c(nnn2-c2ccc(F)cc2F)c1=O)NC1CCCC1. The van der Waals surface area contributed by atoms with Crippen LogP contribution < -0.4 is 10.9 Å². The van der Waals surface area contributed by atoms with Crippen molar-refractivity contribution in [2.45, 2.75) is 38.3 Å². The molecule has 1 amide bonds. The van der Waals surface area contributed by atoms with Gasteiger partial charge in [0.05, 0.1) is 0 Å². The number of aromatic nitrogens is 5. The van der Waals surface area contributed by atoms with E-state index in [9.17, 15) is 18.4 Å². The molecule has 8 nitrogen and oxygen atoms in total. The summed E-state index contributed by atoms with van der Waals surface area (Å²) in [6, 6.07) is 3.10. The van der Waals surface area contributed by atoms with Crippen LogP contribution >= 0.6 is 0 Å². The Morgan fingerprint density at radius 2 is 2.04 bits per heavy atom. The Morgan fingerprint density at radius 3 is 2.78 bits per heavy atom. The topological polar surface area (TPSA) is 94.7 Å². The Hall–Kier alpha value is -3.17. The molecule has 1 N–H and O–H groups in total. The molecule has 1 fully saturated rings. The molecule has 1 aliphatic rings. The van der Waals surface area contributed by atoms with Crippen molar-refractivity contribution in [2.24, 2.45) is 0 Å². The van der Waals surface area contributed by atoms with Gasteiger partial charge in [-0.3, -0.25) is 14.2 Å². The number of nitrogens with zero attached hydrogens (tertiary/aromatic N) is 5. The lowest BCUT2D eigenvalue weighted by Crippen LogP contribution is -2.37. The Bertz CT molecular complexity index is 1070. The van der Waals surface area contributed by atoms with Crippen LogP contribution in [0.2, 0.25) is 0 Å². The zero-order valence-electron chi connectivity index (χ0n) is 14.2. The van der Waals surface area contributed by atoms with Crippen LogP contribution in [0.4, 0.5) is 8.78 Å². The summed E-state index contributed by atoms with van der Waals surface area (Å²) in [4.78, 5) is 28.8. The van der Waals surface area contributed by atoms with Gasteiger partial charge in [-0.05, 0) is 25.0 Å². The number of carbonyl (C=O) groups is 1. The Labute approximate surface area is 151 Å². The van der Waals surface area contributed by atoms with Gasteiger partial charge >= 0.3 is 0 Å². The van der Waals surface area contributed by atoms with Crippen LogP contribution in [-0.2, 0) is 11.3 Å². The van der Waals surface area contributed by atoms with Gasteiger partial charge in [0.15, 0.2) is 17.0 Å². The number of fused-ring (bicyclic) bond motifs is 1. The third-order valence-corrected chi connectivity index (χ3v) is 4.60. The highest BCUT2D eigenvalue weighted by Crippen LogP contribution is 2.18. The van der Waals surface area contributed by atoms with Gasteiger partial charge in [0.1, 0.15) is 24.4 Å². The zero-order valence-corrected chi connectivity index (χ0v) is 14.2. The van der Waals surface area contributed by atoms with E-state index in [-0.39, 0.29) is 35.3 Å². The average Bonchev–Trinajstić information content (AvgIpc) is 3.27. The quantitative estimate of drug-likeness (QED) is 0.743. The fourth-order valence-electron chi connectivity index (χ4n) is 3.27. The first-order chi connectivity index (χ1) is 13.0. The van der Waals surface area contributed by atoms with E-state index in [1.54, 1.807) is 0 Å². The molecule has 2 aromatic heterocycles. The molecule has 0 spiro atoms. The van der Waals surface area contributed by atoms with Crippen molar-refractivity contribution in [2.75, 3.05) is 0 Å². The number of carbonyl (C=O) groups excluding carboxylic acids is 1. The van der Waals surface area contributed by atoms with Gasteiger partial charge in [0.25, 0.3) is 5.56 Å². The van der Waals surface area contributed by atoms with Gasteiger partial charge in [0.2, 0.25) is 5.91 Å². The Kier molecular flexibility index (Phi) is 4.38. The molecule has 10 heteroatoms. The first-order valence-electron chi connectivity index (χ1n) is 8.58. The molecule has 1 saturated carbocycles. The van der Waals surface area contributed by atoms with E-state index in [2.05, 4.69) is 20.6 Å². The lowest BCUT2D eigenvalue weighted by atomic mass is 10.2. The van der Waals surface area contributed by atoms with Crippen LogP contribution in [0.3, 0.4) is 0 Å². The number of halogens is 2. The maximum atomic E-state index is 14.0. The highest BCUT2D eigenvalue weighted by atomic mass is 19.1. The van der Waals surface area contributed by atoms with Crippen LogP contribution in [0.25, 0.3) is 16.9 Å². The number of amides is 1. The van der Waals surface area contributed by atoms with Crippen LogP contribution in [0.1, 0.15) is 25.7 Å². The molecule has 140 valence electrons. The first kappa shape index (κ1) is 17.3. The van der Waals surface area contributed by atoms with E-state index < -0.39 is 17.2 Å². The maximum Gasteiger partial charge on any atom is 0.284 e. The Balaban J connectivity index is 1.63. The van der Waals surface area contributed by atoms with Gasteiger partial charge in [-0.15, -0.1) is 5.10 Å². The lowest BCUT2D eigenvalue weighted by Gasteiger charge is -2.12. The predicted octanol–water partition coefficient (Wildman–Crippen LogP) is 1.31. The van der Waals surface area contributed by atoms with Gasteiger partial charge in [-0.1, -0.05) is 18.1 Å². The molecule has 4 rings (SSSR count). The second-order valence-corrected chi connectivity index (χ2v) is 6.50. The number of nitrogens with one attached hydrogen (secondary N) is 1. The molecule has 0 unspecified atom stereocenters. The minimum atomic E-state index is -0.858. The van der Waals surface area contributed by atoms with Crippen LogP contribution in [0.15, 0.2) is 29.3 Å². The normalized spacial score (nSPS) is 14.7. The molecule has 3 aromatic rings. The minimum absolute atomic E-state index is 0.0259. The molecule has 0 bridgehead atoms. The van der Waals surface area contributed by atoms with E-state index >= 15 is 0 Å². The summed E-state index contributed by atoms with van der Waals surface area (Å²) in [6.45, 7) is -0.184. The first-order valence-corrected chi connectivity index (χ1v) is 8.58. The maximum absolute atomic E-state index is 14.0. The van der Waals surface area contributed by atoms with Gasteiger partial charge in [-0.2, -0.15) is 4.68 Å². The van der Waals surface area contributed by atoms with Crippen molar-refractivity contribution >= 4 is 17.1 Å². The third-order valence-electron chi connectivity index (χ3n) is 4.60. The summed E-state index contributed by atoms with van der Waals surface area (Å²) in [5, 5.41) is 10.4. The zero-order chi connectivity index (χ0) is 19.0. The smallest absolute Gasteiger partial charge is 0.284 e. The second-order valence-electron chi connectivity index (χ2n) is 6.50. The van der Waals surface area contributed by atoms with Crippen molar-refractivity contribution in [3.63, 3.8) is 0 Å². The van der Waals surface area contributed by atoms with Crippen molar-refractivity contribution in [3.8, 4) is 5.69 Å². The molecule has 27 heavy (non-hydrogen) atoms. The van der Waals surface area contributed by atoms with E-state index in [0.717, 1.165) is 41.0 Å². The van der Waals surface area contributed by atoms with Gasteiger partial charge < -0.3 is 5.32 Å². The number of hydrogen-bond acceptors (Lipinski definition) is 5. The van der Waals surface area contributed by atoms with E-state index in [4.69, 9.17) is 0 Å². The largest absolute Gasteiger partial charge is 0.352 e. The van der Waals surface area contributed by atoms with Crippen LogP contribution in [0.5, 0.6) is 0 Å². The molecular formula is C17H16F2N6O2. The highest BCUT2D eigenvalue weighted by molar-refractivity contribution is 5.77. The number of benzene rings is 1. The summed E-state index contributed by atoms with van der Waals surface area (Å²) < 4.78 is 29.2. The van der Waals surface area contributed by atoms with E-state index in [1.807, 2.05) is 0 Å². The average molecular weight is 374 g/mol. The molecular weight excluding hydrogens is 358 g/mol. The fraction of sp³-hybridized carbons (Fsp3) is 0.353. The van der Waals surface area contributed by atoms with E-state index in [1.165, 1.54) is 12.4 Å². The van der Waals surface area contributed by atoms with Gasteiger partial charge in [-0.25, -0.2) is 13.8 Å². The monoisotopic (exact) mass is 374 g/mol. The molecule has 0 radical (unpaired) electrons. The number of rotatable bonds is 4. The minimum Gasteiger partial charge on any atom is -0.352 e. The summed E-state index contributed by atoms with van der Waals surface area (Å²) in [5.74, 6) is -1.87. The standard InChI is InChI=1S/C17H16F2N6O2/c18-10-5-6-13(12(19)7-10)25-16-15(22-23-25)17(27)24(9-20-16)8-14(26)21-11-3-1-2-4-11/h5-7,9,11H,1-4,8H2,(H,21,26). The van der Waals surface area contributed by atoms with Crippen LogP contribution in [0, 0.1) is 11.6 Å². The second kappa shape index (κ2) is 6.86. The summed E-state index contributed by atoms with van der Waals surface area (Å²) in [6.07, 6.45) is 5.24. The predicted molar refractivity (Wildman–Crippen MR) is 91.2 cm³/mol. The summed E-state index contributed by atoms with van der Waals surface area (Å²) in [5.41, 5.74) is -0.717. The third kappa shape index (κ3) is 3.29. The fourth-order valence-corrected chi connectivity index (χ4v) is 3.27. The van der Waals surface area contributed by atoms with Crippen molar-refractivity contribution < 1.29 is 13.6 Å². The van der Waals surface area contributed by atoms with Gasteiger partial charge in [0, 0.05) is 12.1 Å². The molecule has 0 aliphatic heterocycles.